The lowest BCUT2D eigenvalue weighted by atomic mass is 9.77. The number of carbonyl (C=O) groups excluding carboxylic acids is 1. The largest absolute Gasteiger partial charge is 0.396 e. The highest BCUT2D eigenvalue weighted by molar-refractivity contribution is 5.94. The predicted octanol–water partition coefficient (Wildman–Crippen LogP) is 2.18. The summed E-state index contributed by atoms with van der Waals surface area (Å²) in [6, 6.07) is 8.79. The van der Waals surface area contributed by atoms with Gasteiger partial charge in [-0.15, -0.1) is 0 Å². The van der Waals surface area contributed by atoms with E-state index in [4.69, 9.17) is 5.26 Å². The normalized spacial score (nSPS) is 17.6. The molecule has 0 unspecified atom stereocenters. The van der Waals surface area contributed by atoms with E-state index >= 15 is 0 Å². The van der Waals surface area contributed by atoms with E-state index in [1.807, 2.05) is 11.0 Å². The van der Waals surface area contributed by atoms with Crippen LogP contribution in [0.1, 0.15) is 42.1 Å². The maximum atomic E-state index is 12.4. The number of nitrogens with zero attached hydrogens (tertiary/aromatic N) is 2. The third-order valence-electron chi connectivity index (χ3n) is 4.46. The van der Waals surface area contributed by atoms with Crippen molar-refractivity contribution in [3.63, 3.8) is 0 Å². The Hall–Kier alpha value is -1.86. The Kier molecular flexibility index (Phi) is 4.41. The number of hydrogen-bond acceptors (Lipinski definition) is 3. The van der Waals surface area contributed by atoms with Gasteiger partial charge in [0.15, 0.2) is 0 Å². The monoisotopic (exact) mass is 272 g/mol. The summed E-state index contributed by atoms with van der Waals surface area (Å²) < 4.78 is 0. The highest BCUT2D eigenvalue weighted by Gasteiger charge is 2.34. The second-order valence-corrected chi connectivity index (χ2v) is 5.49. The average Bonchev–Trinajstić information content (AvgIpc) is 2.54. The molecule has 0 spiro atoms. The lowest BCUT2D eigenvalue weighted by molar-refractivity contribution is 0.0338. The minimum atomic E-state index is -0.0125. The SMILES string of the molecule is CCC1(CO)CCN(C(=O)c2ccc(C#N)cc2)CC1. The maximum Gasteiger partial charge on any atom is 0.253 e. The number of carbonyl (C=O) groups is 1. The fourth-order valence-electron chi connectivity index (χ4n) is 2.68. The van der Waals surface area contributed by atoms with Crippen molar-refractivity contribution in [2.24, 2.45) is 5.41 Å². The van der Waals surface area contributed by atoms with Crippen molar-refractivity contribution < 1.29 is 9.90 Å². The summed E-state index contributed by atoms with van der Waals surface area (Å²) in [5, 5.41) is 18.3. The molecule has 0 bridgehead atoms. The van der Waals surface area contributed by atoms with E-state index < -0.39 is 0 Å². The van der Waals surface area contributed by atoms with E-state index in [1.165, 1.54) is 0 Å². The number of aliphatic hydroxyl groups excluding tert-OH is 1. The van der Waals surface area contributed by atoms with Crippen LogP contribution >= 0.6 is 0 Å². The number of amides is 1. The van der Waals surface area contributed by atoms with E-state index in [1.54, 1.807) is 24.3 Å². The van der Waals surface area contributed by atoms with Crippen molar-refractivity contribution in [3.8, 4) is 6.07 Å². The third-order valence-corrected chi connectivity index (χ3v) is 4.46. The predicted molar refractivity (Wildman–Crippen MR) is 76.1 cm³/mol. The molecule has 0 aromatic heterocycles. The minimum absolute atomic E-state index is 0.0112. The van der Waals surface area contributed by atoms with E-state index in [0.717, 1.165) is 19.3 Å². The Morgan fingerprint density at radius 1 is 1.35 bits per heavy atom. The summed E-state index contributed by atoms with van der Waals surface area (Å²) in [6.07, 6.45) is 2.65. The molecule has 4 nitrogen and oxygen atoms in total. The van der Waals surface area contributed by atoms with Crippen molar-refractivity contribution in [2.45, 2.75) is 26.2 Å². The lowest BCUT2D eigenvalue weighted by Crippen LogP contribution is -2.44. The summed E-state index contributed by atoms with van der Waals surface area (Å²) >= 11 is 0. The number of nitriles is 1. The van der Waals surface area contributed by atoms with Crippen LogP contribution in [0.2, 0.25) is 0 Å². The molecule has 1 amide bonds. The number of benzene rings is 1. The Bertz CT molecular complexity index is 502. The van der Waals surface area contributed by atoms with Crippen LogP contribution in [0, 0.1) is 16.7 Å². The third kappa shape index (κ3) is 2.83. The number of piperidine rings is 1. The van der Waals surface area contributed by atoms with Gasteiger partial charge in [0, 0.05) is 25.3 Å². The zero-order valence-corrected chi connectivity index (χ0v) is 11.8. The highest BCUT2D eigenvalue weighted by atomic mass is 16.3. The van der Waals surface area contributed by atoms with Gasteiger partial charge in [-0.05, 0) is 48.9 Å². The smallest absolute Gasteiger partial charge is 0.253 e. The van der Waals surface area contributed by atoms with Crippen molar-refractivity contribution >= 4 is 5.91 Å². The summed E-state index contributed by atoms with van der Waals surface area (Å²) in [6.45, 7) is 3.66. The maximum absolute atomic E-state index is 12.4. The first-order chi connectivity index (χ1) is 9.64. The van der Waals surface area contributed by atoms with Gasteiger partial charge in [-0.1, -0.05) is 6.92 Å². The average molecular weight is 272 g/mol. The van der Waals surface area contributed by atoms with Crippen LogP contribution in [0.5, 0.6) is 0 Å². The van der Waals surface area contributed by atoms with Crippen LogP contribution in [0.15, 0.2) is 24.3 Å². The van der Waals surface area contributed by atoms with Gasteiger partial charge in [-0.2, -0.15) is 5.26 Å². The van der Waals surface area contributed by atoms with Crippen LogP contribution in [-0.4, -0.2) is 35.6 Å². The molecule has 1 heterocycles. The number of rotatable bonds is 3. The second-order valence-electron chi connectivity index (χ2n) is 5.49. The van der Waals surface area contributed by atoms with E-state index in [2.05, 4.69) is 6.92 Å². The number of aliphatic hydroxyl groups is 1. The lowest BCUT2D eigenvalue weighted by Gasteiger charge is -2.40. The quantitative estimate of drug-likeness (QED) is 0.917. The molecule has 0 atom stereocenters. The topological polar surface area (TPSA) is 64.3 Å². The summed E-state index contributed by atoms with van der Waals surface area (Å²) in [7, 11) is 0. The molecule has 1 aliphatic heterocycles. The standard InChI is InChI=1S/C16H20N2O2/c1-2-16(12-19)7-9-18(10-8-16)15(20)14-5-3-13(11-17)4-6-14/h3-6,19H,2,7-10,12H2,1H3. The molecule has 0 radical (unpaired) electrons. The summed E-state index contributed by atoms with van der Waals surface area (Å²) in [4.78, 5) is 14.2. The molecule has 106 valence electrons. The molecular weight excluding hydrogens is 252 g/mol. The van der Waals surface area contributed by atoms with Crippen molar-refractivity contribution in [2.75, 3.05) is 19.7 Å². The van der Waals surface area contributed by atoms with Gasteiger partial charge < -0.3 is 10.0 Å². The van der Waals surface area contributed by atoms with Crippen LogP contribution in [0.25, 0.3) is 0 Å². The second kappa shape index (κ2) is 6.06. The first kappa shape index (κ1) is 14.5. The fourth-order valence-corrected chi connectivity index (χ4v) is 2.68. The van der Waals surface area contributed by atoms with Crippen LogP contribution < -0.4 is 0 Å². The number of likely N-dealkylation sites (tertiary alicyclic amines) is 1. The molecule has 2 rings (SSSR count). The van der Waals surface area contributed by atoms with E-state index in [-0.39, 0.29) is 17.9 Å². The molecule has 1 aliphatic rings. The van der Waals surface area contributed by atoms with Crippen molar-refractivity contribution in [1.82, 2.24) is 4.90 Å². The van der Waals surface area contributed by atoms with E-state index in [9.17, 15) is 9.90 Å². The zero-order valence-electron chi connectivity index (χ0n) is 11.8. The summed E-state index contributed by atoms with van der Waals surface area (Å²) in [5.41, 5.74) is 1.17. The Balaban J connectivity index is 2.03. The molecule has 4 heteroatoms. The molecule has 1 aromatic carbocycles. The Labute approximate surface area is 119 Å². The molecule has 1 fully saturated rings. The first-order valence-corrected chi connectivity index (χ1v) is 7.04. The Morgan fingerprint density at radius 3 is 2.40 bits per heavy atom. The fraction of sp³-hybridized carbons (Fsp3) is 0.500. The van der Waals surface area contributed by atoms with Gasteiger partial charge >= 0.3 is 0 Å². The molecule has 1 N–H and O–H groups in total. The van der Waals surface area contributed by atoms with Gasteiger partial charge in [0.25, 0.3) is 5.91 Å². The van der Waals surface area contributed by atoms with Crippen LogP contribution in [0.3, 0.4) is 0 Å². The highest BCUT2D eigenvalue weighted by Crippen LogP contribution is 2.34. The summed E-state index contributed by atoms with van der Waals surface area (Å²) in [5.74, 6) is 0.0112. The molecule has 20 heavy (non-hydrogen) atoms. The number of hydrogen-bond donors (Lipinski definition) is 1. The minimum Gasteiger partial charge on any atom is -0.396 e. The van der Waals surface area contributed by atoms with Crippen LogP contribution in [-0.2, 0) is 0 Å². The van der Waals surface area contributed by atoms with Gasteiger partial charge in [0.1, 0.15) is 0 Å². The van der Waals surface area contributed by atoms with Gasteiger partial charge in [-0.25, -0.2) is 0 Å². The molecule has 0 saturated carbocycles. The Morgan fingerprint density at radius 2 is 1.95 bits per heavy atom. The zero-order chi connectivity index (χ0) is 14.6. The van der Waals surface area contributed by atoms with Gasteiger partial charge in [0.05, 0.1) is 11.6 Å². The first-order valence-electron chi connectivity index (χ1n) is 7.04. The van der Waals surface area contributed by atoms with E-state index in [0.29, 0.717) is 24.2 Å². The molecule has 0 aliphatic carbocycles. The van der Waals surface area contributed by atoms with Gasteiger partial charge in [0.2, 0.25) is 0 Å². The molecule has 1 aromatic rings. The molecular formula is C16H20N2O2. The van der Waals surface area contributed by atoms with Crippen LogP contribution in [0.4, 0.5) is 0 Å². The van der Waals surface area contributed by atoms with Crippen molar-refractivity contribution in [3.05, 3.63) is 35.4 Å². The molecule has 1 saturated heterocycles. The van der Waals surface area contributed by atoms with Crippen molar-refractivity contribution in [1.29, 1.82) is 5.26 Å². The van der Waals surface area contributed by atoms with Gasteiger partial charge in [-0.3, -0.25) is 4.79 Å².